The molecule has 0 amide bonds. The van der Waals surface area contributed by atoms with Gasteiger partial charge in [-0.15, -0.1) is 0 Å². The van der Waals surface area contributed by atoms with Crippen molar-refractivity contribution in [3.05, 3.63) is 60.5 Å². The van der Waals surface area contributed by atoms with Crippen molar-refractivity contribution in [3.8, 4) is 0 Å². The van der Waals surface area contributed by atoms with E-state index in [4.69, 9.17) is 4.74 Å². The number of aromatic nitrogens is 2. The van der Waals surface area contributed by atoms with Crippen LogP contribution in [0.5, 0.6) is 0 Å². The Balaban J connectivity index is 0.00000243. The molecular formula is C19H23KN5O-. The van der Waals surface area contributed by atoms with E-state index in [9.17, 15) is 0 Å². The van der Waals surface area contributed by atoms with Crippen LogP contribution in [0.2, 0.25) is 0 Å². The van der Waals surface area contributed by atoms with Crippen LogP contribution in [-0.2, 0) is 4.74 Å². The Labute approximate surface area is 197 Å². The Morgan fingerprint density at radius 2 is 2.15 bits per heavy atom. The summed E-state index contributed by atoms with van der Waals surface area (Å²) in [6, 6.07) is 8.32. The van der Waals surface area contributed by atoms with Gasteiger partial charge in [-0.3, -0.25) is 24.4 Å². The van der Waals surface area contributed by atoms with E-state index in [1.807, 2.05) is 25.1 Å². The van der Waals surface area contributed by atoms with Gasteiger partial charge in [0, 0.05) is 12.6 Å². The average molecular weight is 377 g/mol. The van der Waals surface area contributed by atoms with Crippen molar-refractivity contribution in [3.63, 3.8) is 0 Å². The molecule has 1 N–H and O–H groups in total. The smallest absolute Gasteiger partial charge is 0.416 e. The van der Waals surface area contributed by atoms with Gasteiger partial charge in [-0.1, -0.05) is 35.6 Å². The van der Waals surface area contributed by atoms with Crippen molar-refractivity contribution >= 4 is 18.0 Å². The van der Waals surface area contributed by atoms with E-state index >= 15 is 0 Å². The standard InChI is InChI=1S/C19H23N5O.K/c1-13-6-5-7-17(10-13)11-20-23-19-21-16(4)15(3)18(22-19)24-8-9-25-12-14(24)2;/h5-7,10-11,14H,3-4,8-9,12H2,1-2H3,(H,21,22,23);/q-2;+1/b20-11+;/t14-;/m0./s1. The summed E-state index contributed by atoms with van der Waals surface area (Å²) in [6.07, 6.45) is 1.74. The maximum atomic E-state index is 5.50. The summed E-state index contributed by atoms with van der Waals surface area (Å²) < 4.78 is 5.50. The fourth-order valence-electron chi connectivity index (χ4n) is 2.76. The van der Waals surface area contributed by atoms with Crippen molar-refractivity contribution in [2.24, 2.45) is 5.10 Å². The van der Waals surface area contributed by atoms with Crippen LogP contribution in [0.3, 0.4) is 0 Å². The first-order valence-corrected chi connectivity index (χ1v) is 8.30. The number of aryl methyl sites for hydroxylation is 1. The van der Waals surface area contributed by atoms with Gasteiger partial charge in [0.1, 0.15) is 0 Å². The molecule has 0 aliphatic carbocycles. The third-order valence-corrected chi connectivity index (χ3v) is 4.13. The molecule has 2 heterocycles. The van der Waals surface area contributed by atoms with Gasteiger partial charge in [-0.25, -0.2) is 11.1 Å². The monoisotopic (exact) mass is 376 g/mol. The number of ether oxygens (including phenoxy) is 1. The minimum Gasteiger partial charge on any atom is -0.416 e. The number of nitrogens with one attached hydrogen (secondary N) is 1. The molecule has 1 aromatic heterocycles. The van der Waals surface area contributed by atoms with Gasteiger partial charge in [-0.05, 0) is 19.4 Å². The Morgan fingerprint density at radius 3 is 2.88 bits per heavy atom. The molecule has 0 spiro atoms. The van der Waals surface area contributed by atoms with Crippen molar-refractivity contribution in [2.45, 2.75) is 19.9 Å². The number of rotatable bonds is 4. The molecule has 0 radical (unpaired) electrons. The molecule has 1 atom stereocenters. The molecule has 1 aliphatic heterocycles. The van der Waals surface area contributed by atoms with Gasteiger partial charge < -0.3 is 14.6 Å². The Bertz CT molecular complexity index is 781. The van der Waals surface area contributed by atoms with E-state index in [-0.39, 0.29) is 57.4 Å². The third-order valence-electron chi connectivity index (χ3n) is 4.13. The summed E-state index contributed by atoms with van der Waals surface area (Å²) >= 11 is 0. The summed E-state index contributed by atoms with van der Waals surface area (Å²) in [5, 5.41) is 4.24. The average Bonchev–Trinajstić information content (AvgIpc) is 2.59. The second-order valence-corrected chi connectivity index (χ2v) is 6.20. The molecular weight excluding hydrogens is 353 g/mol. The summed E-state index contributed by atoms with van der Waals surface area (Å²) in [5.41, 5.74) is 6.43. The quantitative estimate of drug-likeness (QED) is 0.347. The first-order chi connectivity index (χ1) is 12.0. The second kappa shape index (κ2) is 9.73. The SMILES string of the molecule is [CH2-]c1nc(N/N=C/c2cccc(C)c2)nc(N2CCOC[C@@H]2C)c1[CH2-].[K+]. The molecule has 0 saturated carbocycles. The zero-order valence-corrected chi connectivity index (χ0v) is 18.8. The molecule has 1 saturated heterocycles. The molecule has 26 heavy (non-hydrogen) atoms. The molecule has 0 bridgehead atoms. The predicted molar refractivity (Wildman–Crippen MR) is 101 cm³/mol. The Morgan fingerprint density at radius 1 is 1.35 bits per heavy atom. The zero-order valence-electron chi connectivity index (χ0n) is 15.7. The molecule has 2 aromatic rings. The first-order valence-electron chi connectivity index (χ1n) is 8.30. The fraction of sp³-hybridized carbons (Fsp3) is 0.316. The molecule has 7 heteroatoms. The van der Waals surface area contributed by atoms with Crippen LogP contribution in [-0.4, -0.2) is 42.0 Å². The molecule has 1 aliphatic rings. The largest absolute Gasteiger partial charge is 1.00 e. The maximum absolute atomic E-state index is 5.50. The molecule has 6 nitrogen and oxygen atoms in total. The van der Waals surface area contributed by atoms with E-state index in [2.05, 4.69) is 52.2 Å². The fourth-order valence-corrected chi connectivity index (χ4v) is 2.76. The summed E-state index contributed by atoms with van der Waals surface area (Å²) in [5.74, 6) is 1.19. The first kappa shape index (κ1) is 21.2. The predicted octanol–water partition coefficient (Wildman–Crippen LogP) is -0.175. The van der Waals surface area contributed by atoms with Crippen LogP contribution in [0, 0.1) is 20.8 Å². The van der Waals surface area contributed by atoms with E-state index < -0.39 is 0 Å². The third kappa shape index (κ3) is 5.22. The van der Waals surface area contributed by atoms with Gasteiger partial charge in [0.25, 0.3) is 0 Å². The summed E-state index contributed by atoms with van der Waals surface area (Å²) in [7, 11) is 0. The topological polar surface area (TPSA) is 62.6 Å². The van der Waals surface area contributed by atoms with Crippen LogP contribution < -0.4 is 61.7 Å². The number of benzene rings is 1. The van der Waals surface area contributed by atoms with Crippen molar-refractivity contribution < 1.29 is 56.1 Å². The van der Waals surface area contributed by atoms with Crippen LogP contribution in [0.4, 0.5) is 11.8 Å². The van der Waals surface area contributed by atoms with Gasteiger partial charge in [0.05, 0.1) is 19.4 Å². The number of hydrogen-bond donors (Lipinski definition) is 1. The number of hydrazone groups is 1. The number of morpholine rings is 1. The molecule has 1 fully saturated rings. The number of nitrogens with zero attached hydrogens (tertiary/aromatic N) is 4. The van der Waals surface area contributed by atoms with E-state index in [0.29, 0.717) is 24.9 Å². The van der Waals surface area contributed by atoms with Crippen LogP contribution in [0.25, 0.3) is 0 Å². The normalized spacial score (nSPS) is 17.2. The van der Waals surface area contributed by atoms with Crippen molar-refractivity contribution in [1.29, 1.82) is 0 Å². The maximum Gasteiger partial charge on any atom is 1.00 e. The molecule has 0 unspecified atom stereocenters. The van der Waals surface area contributed by atoms with Gasteiger partial charge >= 0.3 is 51.4 Å². The number of anilines is 2. The molecule has 132 valence electrons. The zero-order chi connectivity index (χ0) is 17.8. The van der Waals surface area contributed by atoms with Gasteiger partial charge in [0.2, 0.25) is 5.95 Å². The van der Waals surface area contributed by atoms with E-state index in [0.717, 1.165) is 23.5 Å². The van der Waals surface area contributed by atoms with E-state index in [1.165, 1.54) is 5.56 Å². The summed E-state index contributed by atoms with van der Waals surface area (Å²) in [6.45, 7) is 14.3. The van der Waals surface area contributed by atoms with Crippen molar-refractivity contribution in [1.82, 2.24) is 9.97 Å². The minimum atomic E-state index is 0. The van der Waals surface area contributed by atoms with Crippen LogP contribution >= 0.6 is 0 Å². The van der Waals surface area contributed by atoms with Gasteiger partial charge in [0.15, 0.2) is 0 Å². The van der Waals surface area contributed by atoms with Crippen LogP contribution in [0.1, 0.15) is 29.3 Å². The minimum absolute atomic E-state index is 0. The molecule has 1 aromatic carbocycles. The number of hydrogen-bond acceptors (Lipinski definition) is 6. The summed E-state index contributed by atoms with van der Waals surface area (Å²) in [4.78, 5) is 11.1. The Hall–Kier alpha value is -1.09. The van der Waals surface area contributed by atoms with Crippen LogP contribution in [0.15, 0.2) is 29.4 Å². The van der Waals surface area contributed by atoms with E-state index in [1.54, 1.807) is 6.21 Å². The second-order valence-electron chi connectivity index (χ2n) is 6.20. The molecule has 3 rings (SSSR count). The van der Waals surface area contributed by atoms with Gasteiger partial charge in [-0.2, -0.15) is 5.10 Å². The van der Waals surface area contributed by atoms with Crippen molar-refractivity contribution in [2.75, 3.05) is 30.1 Å². The Kier molecular flexibility index (Phi) is 7.94.